The van der Waals surface area contributed by atoms with Crippen LogP contribution < -0.4 is 10.1 Å². The summed E-state index contributed by atoms with van der Waals surface area (Å²) in [5.41, 5.74) is 4.27. The highest BCUT2D eigenvalue weighted by molar-refractivity contribution is 5.95. The van der Waals surface area contributed by atoms with Crippen molar-refractivity contribution in [3.8, 4) is 17.0 Å². The summed E-state index contributed by atoms with van der Waals surface area (Å²) in [6.45, 7) is 2.27. The van der Waals surface area contributed by atoms with Crippen LogP contribution in [0.2, 0.25) is 0 Å². The molecule has 1 aliphatic rings. The van der Waals surface area contributed by atoms with Crippen LogP contribution in [0.15, 0.2) is 55.1 Å². The molecule has 1 aliphatic heterocycles. The van der Waals surface area contributed by atoms with Crippen LogP contribution in [0, 0.1) is 6.92 Å². The van der Waals surface area contributed by atoms with Crippen LogP contribution in [-0.4, -0.2) is 33.5 Å². The number of hydrogen-bond donors (Lipinski definition) is 1. The Kier molecular flexibility index (Phi) is 4.31. The maximum absolute atomic E-state index is 12.3. The normalized spacial score (nSPS) is 15.2. The van der Waals surface area contributed by atoms with E-state index in [1.807, 2.05) is 19.1 Å². The van der Waals surface area contributed by atoms with E-state index >= 15 is 0 Å². The molecule has 1 atom stereocenters. The van der Waals surface area contributed by atoms with Gasteiger partial charge in [-0.3, -0.25) is 19.7 Å². The summed E-state index contributed by atoms with van der Waals surface area (Å²) < 4.78 is 5.95. The van der Waals surface area contributed by atoms with Crippen molar-refractivity contribution in [2.45, 2.75) is 19.4 Å². The molecule has 0 saturated carbocycles. The number of benzene rings is 1. The summed E-state index contributed by atoms with van der Waals surface area (Å²) >= 11 is 0. The van der Waals surface area contributed by atoms with E-state index < -0.39 is 0 Å². The Morgan fingerprint density at radius 1 is 1.23 bits per heavy atom. The molecule has 4 rings (SSSR count). The first-order valence-corrected chi connectivity index (χ1v) is 8.46. The second kappa shape index (κ2) is 6.92. The zero-order valence-electron chi connectivity index (χ0n) is 14.3. The Morgan fingerprint density at radius 2 is 2.15 bits per heavy atom. The van der Waals surface area contributed by atoms with Crippen LogP contribution in [0.3, 0.4) is 0 Å². The Morgan fingerprint density at radius 3 is 2.96 bits per heavy atom. The van der Waals surface area contributed by atoms with Crippen LogP contribution in [0.25, 0.3) is 11.3 Å². The van der Waals surface area contributed by atoms with E-state index in [4.69, 9.17) is 4.74 Å². The van der Waals surface area contributed by atoms with Gasteiger partial charge in [-0.1, -0.05) is 0 Å². The SMILES string of the molecule is Cc1ncccc1C(=O)NCC1Cc2cc(-c3cnccn3)ccc2O1. The molecule has 0 fully saturated rings. The largest absolute Gasteiger partial charge is 0.488 e. The van der Waals surface area contributed by atoms with Gasteiger partial charge in [-0.05, 0) is 42.8 Å². The number of carbonyl (C=O) groups is 1. The summed E-state index contributed by atoms with van der Waals surface area (Å²) in [7, 11) is 0. The van der Waals surface area contributed by atoms with Crippen molar-refractivity contribution in [2.24, 2.45) is 0 Å². The van der Waals surface area contributed by atoms with E-state index in [1.165, 1.54) is 0 Å². The average molecular weight is 346 g/mol. The Labute approximate surface area is 151 Å². The van der Waals surface area contributed by atoms with Gasteiger partial charge in [-0.25, -0.2) is 0 Å². The van der Waals surface area contributed by atoms with Crippen molar-refractivity contribution in [1.82, 2.24) is 20.3 Å². The lowest BCUT2D eigenvalue weighted by molar-refractivity contribution is 0.0932. The Bertz CT molecular complexity index is 944. The highest BCUT2D eigenvalue weighted by Crippen LogP contribution is 2.32. The summed E-state index contributed by atoms with van der Waals surface area (Å²) in [5.74, 6) is 0.727. The number of aromatic nitrogens is 3. The molecule has 0 aliphatic carbocycles. The smallest absolute Gasteiger partial charge is 0.253 e. The summed E-state index contributed by atoms with van der Waals surface area (Å²) in [4.78, 5) is 24.9. The molecule has 1 aromatic carbocycles. The van der Waals surface area contributed by atoms with Gasteiger partial charge < -0.3 is 10.1 Å². The van der Waals surface area contributed by atoms with Crippen LogP contribution >= 0.6 is 0 Å². The van der Waals surface area contributed by atoms with E-state index in [-0.39, 0.29) is 12.0 Å². The highest BCUT2D eigenvalue weighted by atomic mass is 16.5. The molecule has 1 amide bonds. The summed E-state index contributed by atoms with van der Waals surface area (Å²) in [6, 6.07) is 9.54. The highest BCUT2D eigenvalue weighted by Gasteiger charge is 2.24. The lowest BCUT2D eigenvalue weighted by atomic mass is 10.0. The first kappa shape index (κ1) is 16.2. The minimum absolute atomic E-state index is 0.0805. The number of rotatable bonds is 4. The molecular weight excluding hydrogens is 328 g/mol. The first-order chi connectivity index (χ1) is 12.7. The fourth-order valence-corrected chi connectivity index (χ4v) is 3.07. The van der Waals surface area contributed by atoms with Gasteiger partial charge in [0.15, 0.2) is 0 Å². The number of ether oxygens (including phenoxy) is 1. The van der Waals surface area contributed by atoms with Gasteiger partial charge in [-0.15, -0.1) is 0 Å². The number of nitrogens with one attached hydrogen (secondary N) is 1. The van der Waals surface area contributed by atoms with E-state index in [0.717, 1.165) is 29.0 Å². The molecule has 26 heavy (non-hydrogen) atoms. The van der Waals surface area contributed by atoms with Gasteiger partial charge in [0.05, 0.1) is 24.0 Å². The van der Waals surface area contributed by atoms with Gasteiger partial charge in [0, 0.05) is 36.3 Å². The number of carbonyl (C=O) groups excluding carboxylic acids is 1. The standard InChI is InChI=1S/C20H18N4O2/c1-13-17(3-2-6-22-13)20(25)24-11-16-10-15-9-14(4-5-19(15)26-16)18-12-21-7-8-23-18/h2-9,12,16H,10-11H2,1H3,(H,24,25). The molecule has 0 bridgehead atoms. The molecule has 6 nitrogen and oxygen atoms in total. The van der Waals surface area contributed by atoms with E-state index in [9.17, 15) is 4.79 Å². The molecule has 6 heteroatoms. The van der Waals surface area contributed by atoms with E-state index in [2.05, 4.69) is 26.3 Å². The fraction of sp³-hybridized carbons (Fsp3) is 0.200. The average Bonchev–Trinajstić information content (AvgIpc) is 3.09. The zero-order chi connectivity index (χ0) is 17.9. The van der Waals surface area contributed by atoms with Crippen molar-refractivity contribution in [1.29, 1.82) is 0 Å². The molecule has 3 heterocycles. The van der Waals surface area contributed by atoms with Gasteiger partial charge in [0.25, 0.3) is 5.91 Å². The number of aryl methyl sites for hydroxylation is 1. The molecule has 0 spiro atoms. The first-order valence-electron chi connectivity index (χ1n) is 8.46. The van der Waals surface area contributed by atoms with Crippen LogP contribution in [0.1, 0.15) is 21.6 Å². The number of hydrogen-bond acceptors (Lipinski definition) is 5. The predicted octanol–water partition coefficient (Wildman–Crippen LogP) is 2.58. The van der Waals surface area contributed by atoms with E-state index in [0.29, 0.717) is 17.8 Å². The zero-order valence-corrected chi connectivity index (χ0v) is 14.3. The monoisotopic (exact) mass is 346 g/mol. The minimum atomic E-state index is -0.129. The predicted molar refractivity (Wildman–Crippen MR) is 96.9 cm³/mol. The maximum Gasteiger partial charge on any atom is 0.253 e. The third kappa shape index (κ3) is 3.26. The molecule has 2 aromatic heterocycles. The minimum Gasteiger partial charge on any atom is -0.488 e. The number of amides is 1. The van der Waals surface area contributed by atoms with Gasteiger partial charge >= 0.3 is 0 Å². The van der Waals surface area contributed by atoms with Crippen molar-refractivity contribution in [2.75, 3.05) is 6.54 Å². The summed E-state index contributed by atoms with van der Waals surface area (Å²) in [5, 5.41) is 2.94. The quantitative estimate of drug-likeness (QED) is 0.786. The topological polar surface area (TPSA) is 77.0 Å². The lowest BCUT2D eigenvalue weighted by Crippen LogP contribution is -2.34. The number of fused-ring (bicyclic) bond motifs is 1. The third-order valence-corrected chi connectivity index (χ3v) is 4.40. The molecule has 1 unspecified atom stereocenters. The van der Waals surface area contributed by atoms with Gasteiger partial charge in [0.2, 0.25) is 0 Å². The van der Waals surface area contributed by atoms with Gasteiger partial charge in [-0.2, -0.15) is 0 Å². The number of nitrogens with zero attached hydrogens (tertiary/aromatic N) is 3. The molecular formula is C20H18N4O2. The van der Waals surface area contributed by atoms with Crippen LogP contribution in [-0.2, 0) is 6.42 Å². The maximum atomic E-state index is 12.3. The lowest BCUT2D eigenvalue weighted by Gasteiger charge is -2.12. The van der Waals surface area contributed by atoms with Crippen molar-refractivity contribution in [3.63, 3.8) is 0 Å². The molecule has 0 radical (unpaired) electrons. The van der Waals surface area contributed by atoms with Crippen molar-refractivity contribution < 1.29 is 9.53 Å². The third-order valence-electron chi connectivity index (χ3n) is 4.40. The second-order valence-corrected chi connectivity index (χ2v) is 6.20. The van der Waals surface area contributed by atoms with Crippen LogP contribution in [0.4, 0.5) is 0 Å². The number of pyridine rings is 1. The Hall–Kier alpha value is -3.28. The molecule has 130 valence electrons. The Balaban J connectivity index is 1.41. The molecule has 3 aromatic rings. The van der Waals surface area contributed by atoms with Gasteiger partial charge in [0.1, 0.15) is 11.9 Å². The molecule has 0 saturated heterocycles. The van der Waals surface area contributed by atoms with Crippen molar-refractivity contribution >= 4 is 5.91 Å². The second-order valence-electron chi connectivity index (χ2n) is 6.20. The fourth-order valence-electron chi connectivity index (χ4n) is 3.07. The van der Waals surface area contributed by atoms with Crippen molar-refractivity contribution in [3.05, 3.63) is 71.9 Å². The summed E-state index contributed by atoms with van der Waals surface area (Å²) in [6.07, 6.45) is 7.42. The molecule has 1 N–H and O–H groups in total. The van der Waals surface area contributed by atoms with Crippen LogP contribution in [0.5, 0.6) is 5.75 Å². The van der Waals surface area contributed by atoms with E-state index in [1.54, 1.807) is 36.9 Å².